The SMILES string of the molecule is Cc1cccc(C)c1N(CCCNc1cccc(-n2nnnc2S)c1)CCCC(=O)O. The second-order valence-electron chi connectivity index (χ2n) is 7.45. The molecular formula is C22H28N6O2S. The lowest BCUT2D eigenvalue weighted by atomic mass is 10.1. The van der Waals surface area contributed by atoms with Crippen LogP contribution in [0, 0.1) is 13.8 Å². The third-order valence-electron chi connectivity index (χ3n) is 5.05. The van der Waals surface area contributed by atoms with Gasteiger partial charge in [0.2, 0.25) is 5.16 Å². The maximum absolute atomic E-state index is 11.0. The van der Waals surface area contributed by atoms with E-state index in [0.29, 0.717) is 11.6 Å². The summed E-state index contributed by atoms with van der Waals surface area (Å²) in [7, 11) is 0. The summed E-state index contributed by atoms with van der Waals surface area (Å²) in [4.78, 5) is 13.3. The van der Waals surface area contributed by atoms with Crippen molar-refractivity contribution in [1.82, 2.24) is 20.2 Å². The number of nitrogens with zero attached hydrogens (tertiary/aromatic N) is 5. The first-order chi connectivity index (χ1) is 15.0. The van der Waals surface area contributed by atoms with Crippen LogP contribution in [-0.4, -0.2) is 50.9 Å². The summed E-state index contributed by atoms with van der Waals surface area (Å²) in [6.45, 7) is 6.55. The second kappa shape index (κ2) is 10.8. The predicted molar refractivity (Wildman–Crippen MR) is 125 cm³/mol. The minimum absolute atomic E-state index is 0.177. The van der Waals surface area contributed by atoms with Crippen molar-refractivity contribution in [2.24, 2.45) is 0 Å². The van der Waals surface area contributed by atoms with Crippen molar-refractivity contribution in [2.75, 3.05) is 29.9 Å². The van der Waals surface area contributed by atoms with Crippen molar-refractivity contribution < 1.29 is 9.90 Å². The largest absolute Gasteiger partial charge is 0.481 e. The molecule has 0 saturated heterocycles. The molecule has 0 bridgehead atoms. The monoisotopic (exact) mass is 440 g/mol. The van der Waals surface area contributed by atoms with Crippen LogP contribution in [0.5, 0.6) is 0 Å². The fourth-order valence-electron chi connectivity index (χ4n) is 3.66. The number of anilines is 2. The summed E-state index contributed by atoms with van der Waals surface area (Å²) >= 11 is 4.26. The molecule has 0 aliphatic heterocycles. The Morgan fingerprint density at radius 1 is 1.13 bits per heavy atom. The molecular weight excluding hydrogens is 412 g/mol. The third-order valence-corrected chi connectivity index (χ3v) is 5.33. The number of hydrogen-bond acceptors (Lipinski definition) is 7. The van der Waals surface area contributed by atoms with Crippen molar-refractivity contribution in [3.05, 3.63) is 53.6 Å². The standard InChI is InChI=1S/C22H28N6O2S/c1-16-7-3-8-17(2)21(16)27(13-5-11-20(29)30)14-6-12-23-18-9-4-10-19(15-18)28-22(31)24-25-26-28/h3-4,7-10,15,23H,5-6,11-14H2,1-2H3,(H,29,30)(H,24,26,31). The van der Waals surface area contributed by atoms with E-state index in [1.54, 1.807) is 4.68 Å². The highest BCUT2D eigenvalue weighted by molar-refractivity contribution is 7.80. The number of carboxylic acids is 1. The van der Waals surface area contributed by atoms with Gasteiger partial charge in [0.25, 0.3) is 0 Å². The number of aromatic nitrogens is 4. The Bertz CT molecular complexity index is 1000. The zero-order valence-electron chi connectivity index (χ0n) is 17.8. The number of tetrazole rings is 1. The van der Waals surface area contributed by atoms with Crippen molar-refractivity contribution in [1.29, 1.82) is 0 Å². The number of carboxylic acid groups (broad SMARTS) is 1. The Labute approximate surface area is 187 Å². The van der Waals surface area contributed by atoms with Crippen LogP contribution in [0.4, 0.5) is 11.4 Å². The van der Waals surface area contributed by atoms with Crippen LogP contribution < -0.4 is 10.2 Å². The minimum Gasteiger partial charge on any atom is -0.481 e. The molecule has 0 radical (unpaired) electrons. The van der Waals surface area contributed by atoms with Crippen molar-refractivity contribution >= 4 is 30.0 Å². The first-order valence-corrected chi connectivity index (χ1v) is 10.7. The maximum atomic E-state index is 11.0. The van der Waals surface area contributed by atoms with E-state index in [1.165, 1.54) is 16.8 Å². The number of rotatable bonds is 11. The Hall–Kier alpha value is -3.07. The van der Waals surface area contributed by atoms with E-state index in [-0.39, 0.29) is 6.42 Å². The topological polar surface area (TPSA) is 96.2 Å². The number of thiol groups is 1. The smallest absolute Gasteiger partial charge is 0.303 e. The fourth-order valence-corrected chi connectivity index (χ4v) is 3.86. The van der Waals surface area contributed by atoms with Crippen LogP contribution in [0.1, 0.15) is 30.4 Å². The molecule has 2 aromatic carbocycles. The molecule has 0 fully saturated rings. The molecule has 0 spiro atoms. The minimum atomic E-state index is -0.755. The second-order valence-corrected chi connectivity index (χ2v) is 7.85. The molecule has 1 aromatic heterocycles. The Kier molecular flexibility index (Phi) is 7.88. The maximum Gasteiger partial charge on any atom is 0.303 e. The number of aliphatic carboxylic acids is 1. The molecule has 0 aliphatic carbocycles. The van der Waals surface area contributed by atoms with Crippen molar-refractivity contribution in [3.63, 3.8) is 0 Å². The highest BCUT2D eigenvalue weighted by Gasteiger charge is 2.12. The van der Waals surface area contributed by atoms with Gasteiger partial charge in [-0.2, -0.15) is 4.68 Å². The van der Waals surface area contributed by atoms with E-state index < -0.39 is 5.97 Å². The third kappa shape index (κ3) is 6.21. The number of carbonyl (C=O) groups is 1. The van der Waals surface area contributed by atoms with Crippen molar-refractivity contribution in [3.8, 4) is 5.69 Å². The summed E-state index contributed by atoms with van der Waals surface area (Å²) < 4.78 is 1.57. The molecule has 164 valence electrons. The van der Waals surface area contributed by atoms with Gasteiger partial charge in [-0.1, -0.05) is 24.3 Å². The molecule has 0 saturated carbocycles. The first kappa shape index (κ1) is 22.6. The molecule has 1 heterocycles. The molecule has 0 amide bonds. The normalized spacial score (nSPS) is 10.8. The Morgan fingerprint density at radius 3 is 2.52 bits per heavy atom. The van der Waals surface area contributed by atoms with Gasteiger partial charge in [0.1, 0.15) is 0 Å². The van der Waals surface area contributed by atoms with Gasteiger partial charge in [-0.05, 0) is 66.4 Å². The van der Waals surface area contributed by atoms with Gasteiger partial charge in [0.05, 0.1) is 5.69 Å². The average molecular weight is 441 g/mol. The molecule has 0 aliphatic rings. The average Bonchev–Trinajstić information content (AvgIpc) is 3.16. The zero-order chi connectivity index (χ0) is 22.2. The number of aryl methyl sites for hydroxylation is 2. The van der Waals surface area contributed by atoms with Crippen molar-refractivity contribution in [2.45, 2.75) is 38.3 Å². The molecule has 0 unspecified atom stereocenters. The number of hydrogen-bond donors (Lipinski definition) is 3. The summed E-state index contributed by atoms with van der Waals surface area (Å²) in [5.41, 5.74) is 5.44. The van der Waals surface area contributed by atoms with Crippen LogP contribution in [0.3, 0.4) is 0 Å². The van der Waals surface area contributed by atoms with Crippen LogP contribution in [-0.2, 0) is 4.79 Å². The van der Waals surface area contributed by atoms with Crippen LogP contribution >= 0.6 is 12.6 Å². The molecule has 3 rings (SSSR count). The van der Waals surface area contributed by atoms with Crippen LogP contribution in [0.2, 0.25) is 0 Å². The highest BCUT2D eigenvalue weighted by Crippen LogP contribution is 2.25. The highest BCUT2D eigenvalue weighted by atomic mass is 32.1. The Balaban J connectivity index is 1.60. The van der Waals surface area contributed by atoms with Gasteiger partial charge >= 0.3 is 5.97 Å². The lowest BCUT2D eigenvalue weighted by molar-refractivity contribution is -0.137. The van der Waals surface area contributed by atoms with Gasteiger partial charge in [-0.3, -0.25) is 4.79 Å². The number of para-hydroxylation sites is 1. The van der Waals surface area contributed by atoms with E-state index in [4.69, 9.17) is 5.11 Å². The molecule has 2 N–H and O–H groups in total. The molecule has 8 nitrogen and oxygen atoms in total. The van der Waals surface area contributed by atoms with Gasteiger partial charge in [0.15, 0.2) is 0 Å². The van der Waals surface area contributed by atoms with Gasteiger partial charge in [-0.15, -0.1) is 17.7 Å². The fraction of sp³-hybridized carbons (Fsp3) is 0.364. The predicted octanol–water partition coefficient (Wildman–Crippen LogP) is 3.74. The van der Waals surface area contributed by atoms with E-state index >= 15 is 0 Å². The molecule has 3 aromatic rings. The molecule has 31 heavy (non-hydrogen) atoms. The summed E-state index contributed by atoms with van der Waals surface area (Å²) in [5, 5.41) is 24.3. The summed E-state index contributed by atoms with van der Waals surface area (Å²) in [6, 6.07) is 14.1. The zero-order valence-corrected chi connectivity index (χ0v) is 18.7. The lowest BCUT2D eigenvalue weighted by Crippen LogP contribution is -2.29. The first-order valence-electron chi connectivity index (χ1n) is 10.3. The van der Waals surface area contributed by atoms with E-state index in [9.17, 15) is 4.79 Å². The Morgan fingerprint density at radius 2 is 1.84 bits per heavy atom. The van der Waals surface area contributed by atoms with E-state index in [1.807, 2.05) is 24.3 Å². The van der Waals surface area contributed by atoms with E-state index in [0.717, 1.165) is 37.4 Å². The summed E-state index contributed by atoms with van der Waals surface area (Å²) in [6.07, 6.45) is 1.71. The quantitative estimate of drug-likeness (QED) is 0.309. The van der Waals surface area contributed by atoms with Crippen LogP contribution in [0.25, 0.3) is 5.69 Å². The summed E-state index contributed by atoms with van der Waals surface area (Å²) in [5.74, 6) is -0.755. The molecule has 9 heteroatoms. The van der Waals surface area contributed by atoms with Gasteiger partial charge in [0, 0.05) is 37.4 Å². The number of benzene rings is 2. The van der Waals surface area contributed by atoms with E-state index in [2.05, 4.69) is 70.4 Å². The van der Waals surface area contributed by atoms with Gasteiger partial charge < -0.3 is 15.3 Å². The lowest BCUT2D eigenvalue weighted by Gasteiger charge is -2.28. The number of nitrogens with one attached hydrogen (secondary N) is 1. The van der Waals surface area contributed by atoms with Gasteiger partial charge in [-0.25, -0.2) is 0 Å². The molecule has 0 atom stereocenters. The van der Waals surface area contributed by atoms with Crippen LogP contribution in [0.15, 0.2) is 47.6 Å².